The van der Waals surface area contributed by atoms with E-state index in [2.05, 4.69) is 0 Å². The number of piperidine rings is 1. The zero-order valence-corrected chi connectivity index (χ0v) is 12.2. The van der Waals surface area contributed by atoms with Crippen LogP contribution in [0.5, 0.6) is 0 Å². The molecule has 5 nitrogen and oxygen atoms in total. The Hall–Kier alpha value is -0.170. The van der Waals surface area contributed by atoms with Crippen LogP contribution in [-0.4, -0.2) is 55.0 Å². The Bertz CT molecular complexity index is 385. The summed E-state index contributed by atoms with van der Waals surface area (Å²) in [5.41, 5.74) is -0.652. The smallest absolute Gasteiger partial charge is 0.214 e. The van der Waals surface area contributed by atoms with Gasteiger partial charge < -0.3 is 10.2 Å². The highest BCUT2D eigenvalue weighted by Gasteiger charge is 2.39. The van der Waals surface area contributed by atoms with Gasteiger partial charge in [-0.25, -0.2) is 12.7 Å². The quantitative estimate of drug-likeness (QED) is 0.776. The molecule has 112 valence electrons. The molecule has 0 aromatic carbocycles. The monoisotopic (exact) mass is 291 g/mol. The molecule has 1 heterocycles. The minimum Gasteiger partial charge on any atom is -0.396 e. The molecule has 0 amide bonds. The average molecular weight is 291 g/mol. The Morgan fingerprint density at radius 1 is 1.11 bits per heavy atom. The maximum absolute atomic E-state index is 12.4. The average Bonchev–Trinajstić information content (AvgIpc) is 2.91. The molecule has 0 aromatic rings. The standard InChI is InChI=1S/C13H25NO4S/c15-10-13(11-16)6-3-7-14(9-13)19(17,18)8-12-4-1-2-5-12/h12,15-16H,1-11H2. The van der Waals surface area contributed by atoms with E-state index in [0.717, 1.165) is 25.7 Å². The van der Waals surface area contributed by atoms with Crippen LogP contribution in [0, 0.1) is 11.3 Å². The van der Waals surface area contributed by atoms with Crippen molar-refractivity contribution in [1.82, 2.24) is 4.31 Å². The highest BCUT2D eigenvalue weighted by Crippen LogP contribution is 2.32. The summed E-state index contributed by atoms with van der Waals surface area (Å²) in [6.07, 6.45) is 5.70. The van der Waals surface area contributed by atoms with Gasteiger partial charge >= 0.3 is 0 Å². The minimum atomic E-state index is -3.25. The van der Waals surface area contributed by atoms with Crippen molar-refractivity contribution in [3.63, 3.8) is 0 Å². The van der Waals surface area contributed by atoms with Crippen LogP contribution < -0.4 is 0 Å². The molecular formula is C13H25NO4S. The third-order valence-electron chi connectivity index (χ3n) is 4.61. The molecule has 1 aliphatic carbocycles. The second-order valence-corrected chi connectivity index (χ2v) is 8.20. The fourth-order valence-electron chi connectivity index (χ4n) is 3.29. The molecule has 0 bridgehead atoms. The molecule has 2 aliphatic rings. The summed E-state index contributed by atoms with van der Waals surface area (Å²) in [5, 5.41) is 18.9. The predicted octanol–water partition coefficient (Wildman–Crippen LogP) is 0.573. The Morgan fingerprint density at radius 3 is 2.32 bits per heavy atom. The van der Waals surface area contributed by atoms with Gasteiger partial charge in [-0.2, -0.15) is 0 Å². The van der Waals surface area contributed by atoms with Gasteiger partial charge in [0.05, 0.1) is 19.0 Å². The first-order valence-electron chi connectivity index (χ1n) is 7.21. The molecule has 6 heteroatoms. The zero-order chi connectivity index (χ0) is 13.9. The number of rotatable bonds is 5. The van der Waals surface area contributed by atoms with E-state index in [1.165, 1.54) is 4.31 Å². The van der Waals surface area contributed by atoms with E-state index in [0.29, 0.717) is 25.3 Å². The molecule has 1 aliphatic heterocycles. The number of hydrogen-bond donors (Lipinski definition) is 2. The van der Waals surface area contributed by atoms with Gasteiger partial charge in [-0.05, 0) is 31.6 Å². The summed E-state index contributed by atoms with van der Waals surface area (Å²) in [5.74, 6) is 0.532. The molecule has 0 atom stereocenters. The summed E-state index contributed by atoms with van der Waals surface area (Å²) in [7, 11) is -3.25. The molecule has 1 saturated carbocycles. The van der Waals surface area contributed by atoms with Crippen LogP contribution in [0.3, 0.4) is 0 Å². The van der Waals surface area contributed by atoms with E-state index < -0.39 is 15.4 Å². The maximum atomic E-state index is 12.4. The highest BCUT2D eigenvalue weighted by atomic mass is 32.2. The molecule has 2 N–H and O–H groups in total. The van der Waals surface area contributed by atoms with Crippen LogP contribution in [-0.2, 0) is 10.0 Å². The van der Waals surface area contributed by atoms with E-state index in [1.54, 1.807) is 0 Å². The molecule has 0 radical (unpaired) electrons. The molecule has 0 unspecified atom stereocenters. The summed E-state index contributed by atoms with van der Waals surface area (Å²) < 4.78 is 26.3. The fourth-order valence-corrected chi connectivity index (χ4v) is 5.31. The summed E-state index contributed by atoms with van der Waals surface area (Å²) in [6, 6.07) is 0. The molecular weight excluding hydrogens is 266 g/mol. The number of nitrogens with zero attached hydrogens (tertiary/aromatic N) is 1. The van der Waals surface area contributed by atoms with Crippen LogP contribution in [0.25, 0.3) is 0 Å². The van der Waals surface area contributed by atoms with Gasteiger partial charge in [0.25, 0.3) is 0 Å². The van der Waals surface area contributed by atoms with Crippen molar-refractivity contribution in [2.24, 2.45) is 11.3 Å². The largest absolute Gasteiger partial charge is 0.396 e. The van der Waals surface area contributed by atoms with E-state index in [1.807, 2.05) is 0 Å². The maximum Gasteiger partial charge on any atom is 0.214 e. The van der Waals surface area contributed by atoms with Crippen molar-refractivity contribution in [2.45, 2.75) is 38.5 Å². The third kappa shape index (κ3) is 3.48. The van der Waals surface area contributed by atoms with Crippen LogP contribution in [0.2, 0.25) is 0 Å². The molecule has 2 fully saturated rings. The fraction of sp³-hybridized carbons (Fsp3) is 1.00. The summed E-state index contributed by atoms with van der Waals surface area (Å²) in [6.45, 7) is 0.476. The van der Waals surface area contributed by atoms with E-state index >= 15 is 0 Å². The second-order valence-electron chi connectivity index (χ2n) is 6.18. The van der Waals surface area contributed by atoms with Crippen molar-refractivity contribution < 1.29 is 18.6 Å². The normalized spacial score (nSPS) is 25.8. The number of sulfonamides is 1. The lowest BCUT2D eigenvalue weighted by Gasteiger charge is -2.40. The van der Waals surface area contributed by atoms with E-state index in [-0.39, 0.29) is 25.5 Å². The van der Waals surface area contributed by atoms with Crippen LogP contribution in [0.15, 0.2) is 0 Å². The van der Waals surface area contributed by atoms with Gasteiger partial charge in [0, 0.05) is 18.5 Å². The Labute approximate surface area is 115 Å². The second kappa shape index (κ2) is 6.08. The zero-order valence-electron chi connectivity index (χ0n) is 11.4. The van der Waals surface area contributed by atoms with Crippen LogP contribution in [0.1, 0.15) is 38.5 Å². The van der Waals surface area contributed by atoms with E-state index in [9.17, 15) is 18.6 Å². The molecule has 0 spiro atoms. The molecule has 2 rings (SSSR count). The van der Waals surface area contributed by atoms with Crippen LogP contribution in [0.4, 0.5) is 0 Å². The summed E-state index contributed by atoms with van der Waals surface area (Å²) in [4.78, 5) is 0. The Morgan fingerprint density at radius 2 is 1.74 bits per heavy atom. The van der Waals surface area contributed by atoms with Gasteiger partial charge in [-0.3, -0.25) is 0 Å². The molecule has 19 heavy (non-hydrogen) atoms. The van der Waals surface area contributed by atoms with Gasteiger partial charge in [-0.1, -0.05) is 12.8 Å². The van der Waals surface area contributed by atoms with Crippen molar-refractivity contribution in [2.75, 3.05) is 32.1 Å². The Kier molecular flexibility index (Phi) is 4.87. The van der Waals surface area contributed by atoms with Crippen LogP contribution >= 0.6 is 0 Å². The predicted molar refractivity (Wildman–Crippen MR) is 73.2 cm³/mol. The first kappa shape index (κ1) is 15.2. The lowest BCUT2D eigenvalue weighted by molar-refractivity contribution is 0.0121. The SMILES string of the molecule is O=S(=O)(CC1CCCC1)N1CCCC(CO)(CO)C1. The minimum absolute atomic E-state index is 0.154. The first-order valence-corrected chi connectivity index (χ1v) is 8.82. The lowest BCUT2D eigenvalue weighted by Crippen LogP contribution is -2.50. The van der Waals surface area contributed by atoms with Gasteiger partial charge in [0.2, 0.25) is 10.0 Å². The van der Waals surface area contributed by atoms with Gasteiger partial charge in [0.15, 0.2) is 0 Å². The van der Waals surface area contributed by atoms with Crippen molar-refractivity contribution in [3.8, 4) is 0 Å². The summed E-state index contributed by atoms with van der Waals surface area (Å²) >= 11 is 0. The number of aliphatic hydroxyl groups is 2. The van der Waals surface area contributed by atoms with E-state index in [4.69, 9.17) is 0 Å². The van der Waals surface area contributed by atoms with Gasteiger partial charge in [-0.15, -0.1) is 0 Å². The third-order valence-corrected chi connectivity index (χ3v) is 6.60. The van der Waals surface area contributed by atoms with Crippen molar-refractivity contribution in [3.05, 3.63) is 0 Å². The van der Waals surface area contributed by atoms with Gasteiger partial charge in [0.1, 0.15) is 0 Å². The van der Waals surface area contributed by atoms with Crippen molar-refractivity contribution in [1.29, 1.82) is 0 Å². The Balaban J connectivity index is 2.03. The first-order chi connectivity index (χ1) is 9.01. The number of hydrogen-bond acceptors (Lipinski definition) is 4. The lowest BCUT2D eigenvalue weighted by atomic mass is 9.82. The molecule has 0 aromatic heterocycles. The topological polar surface area (TPSA) is 77.8 Å². The molecule has 1 saturated heterocycles. The highest BCUT2D eigenvalue weighted by molar-refractivity contribution is 7.89. The van der Waals surface area contributed by atoms with Crippen molar-refractivity contribution >= 4 is 10.0 Å². The number of aliphatic hydroxyl groups excluding tert-OH is 2.